The first kappa shape index (κ1) is 18.3. The van der Waals surface area contributed by atoms with Gasteiger partial charge in [0.25, 0.3) is 0 Å². The third-order valence-electron chi connectivity index (χ3n) is 6.10. The topological polar surface area (TPSA) is 37.3 Å². The second-order valence-electron chi connectivity index (χ2n) is 7.71. The van der Waals surface area contributed by atoms with Crippen LogP contribution in [-0.4, -0.2) is 11.1 Å². The smallest absolute Gasteiger partial charge is 0.328 e. The lowest BCUT2D eigenvalue weighted by Gasteiger charge is -2.37. The molecule has 0 aliphatic heterocycles. The van der Waals surface area contributed by atoms with Crippen LogP contribution >= 0.6 is 0 Å². The summed E-state index contributed by atoms with van der Waals surface area (Å²) in [5, 5.41) is 8.54. The third kappa shape index (κ3) is 6.53. The van der Waals surface area contributed by atoms with Gasteiger partial charge in [0.1, 0.15) is 0 Å². The number of carboxylic acids is 1. The number of rotatable bonds is 7. The number of carboxylic acid groups (broad SMARTS) is 1. The summed E-state index contributed by atoms with van der Waals surface area (Å²) in [7, 11) is 0. The molecule has 2 aliphatic rings. The van der Waals surface area contributed by atoms with E-state index in [0.717, 1.165) is 30.1 Å². The summed E-state index contributed by atoms with van der Waals surface area (Å²) in [6, 6.07) is 0. The van der Waals surface area contributed by atoms with Crippen LogP contribution in [0.15, 0.2) is 24.3 Å². The van der Waals surface area contributed by atoms with Crippen LogP contribution in [0.5, 0.6) is 0 Å². The maximum absolute atomic E-state index is 10.4. The SMILES string of the molecule is CCCC1CCC(C2CCC(CC=CC=CC(=O)O)CC2)CC1. The van der Waals surface area contributed by atoms with E-state index in [-0.39, 0.29) is 0 Å². The predicted octanol–water partition coefficient (Wildman–Crippen LogP) is 5.99. The van der Waals surface area contributed by atoms with E-state index in [1.54, 1.807) is 6.08 Å². The van der Waals surface area contributed by atoms with Crippen LogP contribution in [0, 0.1) is 23.7 Å². The molecule has 0 radical (unpaired) electrons. The molecule has 0 aromatic heterocycles. The lowest BCUT2D eigenvalue weighted by molar-refractivity contribution is -0.131. The Morgan fingerprint density at radius 2 is 1.48 bits per heavy atom. The van der Waals surface area contributed by atoms with Crippen LogP contribution < -0.4 is 0 Å². The summed E-state index contributed by atoms with van der Waals surface area (Å²) in [6.07, 6.45) is 22.3. The second kappa shape index (κ2) is 9.95. The van der Waals surface area contributed by atoms with Gasteiger partial charge in [-0.15, -0.1) is 0 Å². The molecule has 2 aliphatic carbocycles. The van der Waals surface area contributed by atoms with Crippen molar-refractivity contribution in [2.24, 2.45) is 23.7 Å². The highest BCUT2D eigenvalue weighted by Gasteiger charge is 2.30. The molecule has 0 bridgehead atoms. The lowest BCUT2D eigenvalue weighted by Crippen LogP contribution is -2.25. The molecule has 23 heavy (non-hydrogen) atoms. The van der Waals surface area contributed by atoms with E-state index in [0.29, 0.717) is 0 Å². The van der Waals surface area contributed by atoms with Gasteiger partial charge in [-0.25, -0.2) is 4.79 Å². The van der Waals surface area contributed by atoms with Crippen molar-refractivity contribution >= 4 is 5.97 Å². The Morgan fingerprint density at radius 1 is 0.913 bits per heavy atom. The highest BCUT2D eigenvalue weighted by atomic mass is 16.4. The van der Waals surface area contributed by atoms with Gasteiger partial charge in [-0.05, 0) is 68.6 Å². The van der Waals surface area contributed by atoms with Crippen LogP contribution in [-0.2, 0) is 4.79 Å². The highest BCUT2D eigenvalue weighted by molar-refractivity contribution is 5.80. The summed E-state index contributed by atoms with van der Waals surface area (Å²) < 4.78 is 0. The van der Waals surface area contributed by atoms with Crippen molar-refractivity contribution in [3.8, 4) is 0 Å². The Kier molecular flexibility index (Phi) is 7.91. The van der Waals surface area contributed by atoms with Gasteiger partial charge < -0.3 is 5.11 Å². The minimum absolute atomic E-state index is 0.817. The number of carbonyl (C=O) groups is 1. The van der Waals surface area contributed by atoms with E-state index in [9.17, 15) is 4.79 Å². The van der Waals surface area contributed by atoms with Crippen molar-refractivity contribution in [2.45, 2.75) is 77.6 Å². The van der Waals surface area contributed by atoms with Crippen molar-refractivity contribution in [2.75, 3.05) is 0 Å². The Hall–Kier alpha value is -1.05. The molecule has 0 heterocycles. The van der Waals surface area contributed by atoms with E-state index in [2.05, 4.69) is 13.0 Å². The van der Waals surface area contributed by atoms with E-state index >= 15 is 0 Å². The van der Waals surface area contributed by atoms with Crippen molar-refractivity contribution in [3.05, 3.63) is 24.3 Å². The second-order valence-corrected chi connectivity index (χ2v) is 7.71. The summed E-state index contributed by atoms with van der Waals surface area (Å²) >= 11 is 0. The minimum atomic E-state index is -0.871. The van der Waals surface area contributed by atoms with Crippen LogP contribution in [0.1, 0.15) is 77.6 Å². The highest BCUT2D eigenvalue weighted by Crippen LogP contribution is 2.42. The molecular formula is C21H34O2. The van der Waals surface area contributed by atoms with Crippen molar-refractivity contribution < 1.29 is 9.90 Å². The Balaban J connectivity index is 1.63. The fraction of sp³-hybridized carbons (Fsp3) is 0.762. The average molecular weight is 319 g/mol. The van der Waals surface area contributed by atoms with E-state index in [1.165, 1.54) is 70.3 Å². The standard InChI is InChI=1S/C21H34O2/c1-2-6-17-9-13-19(14-10-17)20-15-11-18(12-16-20)7-4-3-5-8-21(22)23/h3-5,8,17-20H,2,6-7,9-16H2,1H3,(H,22,23). The van der Waals surface area contributed by atoms with Crippen molar-refractivity contribution in [1.29, 1.82) is 0 Å². The molecule has 0 unspecified atom stereocenters. The number of hydrogen-bond acceptors (Lipinski definition) is 1. The summed E-state index contributed by atoms with van der Waals surface area (Å²) in [5.74, 6) is 2.97. The van der Waals surface area contributed by atoms with Crippen molar-refractivity contribution in [3.63, 3.8) is 0 Å². The maximum atomic E-state index is 10.4. The largest absolute Gasteiger partial charge is 0.478 e. The Labute approximate surface area is 142 Å². The first-order valence-electron chi connectivity index (χ1n) is 9.75. The monoisotopic (exact) mass is 318 g/mol. The predicted molar refractivity (Wildman–Crippen MR) is 96.3 cm³/mol. The summed E-state index contributed by atoms with van der Waals surface area (Å²) in [5.41, 5.74) is 0. The molecule has 0 aromatic carbocycles. The first-order valence-corrected chi connectivity index (χ1v) is 9.75. The fourth-order valence-electron chi connectivity index (χ4n) is 4.74. The van der Waals surface area contributed by atoms with Crippen LogP contribution in [0.25, 0.3) is 0 Å². The molecule has 2 saturated carbocycles. The normalized spacial score (nSPS) is 32.6. The van der Waals surface area contributed by atoms with Crippen LogP contribution in [0.3, 0.4) is 0 Å². The van der Waals surface area contributed by atoms with Gasteiger partial charge in [0.15, 0.2) is 0 Å². The lowest BCUT2D eigenvalue weighted by atomic mass is 9.68. The van der Waals surface area contributed by atoms with Gasteiger partial charge in [-0.1, -0.05) is 50.8 Å². The molecule has 0 atom stereocenters. The van der Waals surface area contributed by atoms with Gasteiger partial charge in [0, 0.05) is 6.08 Å². The van der Waals surface area contributed by atoms with Crippen LogP contribution in [0.4, 0.5) is 0 Å². The molecule has 0 aromatic rings. The molecule has 2 fully saturated rings. The van der Waals surface area contributed by atoms with Gasteiger partial charge in [-0.3, -0.25) is 0 Å². The van der Waals surface area contributed by atoms with Gasteiger partial charge >= 0.3 is 5.97 Å². The Bertz CT molecular complexity index is 394. The number of aliphatic carboxylic acids is 1. The molecule has 1 N–H and O–H groups in total. The van der Waals surface area contributed by atoms with Crippen molar-refractivity contribution in [1.82, 2.24) is 0 Å². The average Bonchev–Trinajstić information content (AvgIpc) is 2.56. The number of allylic oxidation sites excluding steroid dienone is 3. The minimum Gasteiger partial charge on any atom is -0.478 e. The maximum Gasteiger partial charge on any atom is 0.328 e. The van der Waals surface area contributed by atoms with Crippen LogP contribution in [0.2, 0.25) is 0 Å². The molecule has 2 nitrogen and oxygen atoms in total. The number of hydrogen-bond donors (Lipinski definition) is 1. The molecule has 130 valence electrons. The summed E-state index contributed by atoms with van der Waals surface area (Å²) in [4.78, 5) is 10.4. The van der Waals surface area contributed by atoms with Gasteiger partial charge in [-0.2, -0.15) is 0 Å². The molecular weight excluding hydrogens is 284 g/mol. The fourth-order valence-corrected chi connectivity index (χ4v) is 4.74. The first-order chi connectivity index (χ1) is 11.2. The Morgan fingerprint density at radius 3 is 2.00 bits per heavy atom. The molecule has 0 saturated heterocycles. The zero-order valence-corrected chi connectivity index (χ0v) is 14.8. The molecule has 0 spiro atoms. The zero-order chi connectivity index (χ0) is 16.5. The quantitative estimate of drug-likeness (QED) is 0.462. The molecule has 2 heteroatoms. The van der Waals surface area contributed by atoms with E-state index in [1.807, 2.05) is 6.08 Å². The van der Waals surface area contributed by atoms with Gasteiger partial charge in [0.05, 0.1) is 0 Å². The van der Waals surface area contributed by atoms with E-state index < -0.39 is 5.97 Å². The zero-order valence-electron chi connectivity index (χ0n) is 14.8. The molecule has 2 rings (SSSR count). The molecule has 0 amide bonds. The summed E-state index contributed by atoms with van der Waals surface area (Å²) in [6.45, 7) is 2.32. The third-order valence-corrected chi connectivity index (χ3v) is 6.10. The van der Waals surface area contributed by atoms with E-state index in [4.69, 9.17) is 5.11 Å². The van der Waals surface area contributed by atoms with Gasteiger partial charge in [0.2, 0.25) is 0 Å².